The highest BCUT2D eigenvalue weighted by atomic mass is 79.9. The van der Waals surface area contributed by atoms with E-state index < -0.39 is 5.92 Å². The molecule has 5 heteroatoms. The van der Waals surface area contributed by atoms with Crippen molar-refractivity contribution in [3.63, 3.8) is 0 Å². The summed E-state index contributed by atoms with van der Waals surface area (Å²) in [6, 6.07) is 18.0. The molecule has 4 rings (SSSR count). The van der Waals surface area contributed by atoms with Crippen molar-refractivity contribution < 1.29 is 14.3 Å². The lowest BCUT2D eigenvalue weighted by molar-refractivity contribution is -0.139. The van der Waals surface area contributed by atoms with Crippen molar-refractivity contribution in [2.24, 2.45) is 0 Å². The number of halogens is 1. The molecule has 0 amide bonds. The normalized spacial score (nSPS) is 20.9. The molecule has 2 aliphatic rings. The number of hydrogen-bond donors (Lipinski definition) is 1. The van der Waals surface area contributed by atoms with Gasteiger partial charge in [-0.2, -0.15) is 0 Å². The van der Waals surface area contributed by atoms with Crippen molar-refractivity contribution in [2.75, 3.05) is 6.61 Å². The fraction of sp³-hybridized carbons (Fsp3) is 0.308. The van der Waals surface area contributed by atoms with Gasteiger partial charge >= 0.3 is 5.97 Å². The van der Waals surface area contributed by atoms with Gasteiger partial charge in [0.25, 0.3) is 0 Å². The Morgan fingerprint density at radius 3 is 2.52 bits per heavy atom. The number of ketones is 1. The van der Waals surface area contributed by atoms with Gasteiger partial charge in [0.2, 0.25) is 0 Å². The van der Waals surface area contributed by atoms with E-state index in [1.165, 1.54) is 0 Å². The molecule has 31 heavy (non-hydrogen) atoms. The van der Waals surface area contributed by atoms with Crippen LogP contribution in [0.15, 0.2) is 81.6 Å². The Bertz CT molecular complexity index is 1070. The summed E-state index contributed by atoms with van der Waals surface area (Å²) < 4.78 is 6.39. The maximum absolute atomic E-state index is 13.5. The molecule has 1 heterocycles. The predicted octanol–water partition coefficient (Wildman–Crippen LogP) is 5.76. The average molecular weight is 480 g/mol. The molecule has 1 aliphatic heterocycles. The molecule has 0 aromatic heterocycles. The zero-order valence-corrected chi connectivity index (χ0v) is 19.4. The molecule has 1 aliphatic carbocycles. The summed E-state index contributed by atoms with van der Waals surface area (Å²) in [5, 5.41) is 3.40. The zero-order chi connectivity index (χ0) is 22.0. The molecular formula is C26H26BrNO3. The fourth-order valence-electron chi connectivity index (χ4n) is 4.56. The smallest absolute Gasteiger partial charge is 0.336 e. The van der Waals surface area contributed by atoms with Crippen LogP contribution in [-0.2, 0) is 14.3 Å². The van der Waals surface area contributed by atoms with E-state index in [0.717, 1.165) is 39.8 Å². The number of ether oxygens (including phenoxy) is 1. The van der Waals surface area contributed by atoms with Crippen molar-refractivity contribution in [1.82, 2.24) is 5.32 Å². The van der Waals surface area contributed by atoms with Crippen LogP contribution in [0.5, 0.6) is 0 Å². The standard InChI is InChI=1S/C26H26BrNO3/c1-3-13-31-26(30)23-16(2)28-21-14-18(17-9-5-4-6-10-17)15-22(29)25(21)24(23)19-11-7-8-12-20(19)27/h4-12,18,24,28H,3,13-15H2,1-2H3. The van der Waals surface area contributed by atoms with Crippen molar-refractivity contribution in [3.05, 3.63) is 92.7 Å². The van der Waals surface area contributed by atoms with Crippen LogP contribution in [0.1, 0.15) is 56.1 Å². The molecule has 2 atom stereocenters. The average Bonchev–Trinajstić information content (AvgIpc) is 2.77. The molecule has 4 nitrogen and oxygen atoms in total. The molecule has 2 unspecified atom stereocenters. The Morgan fingerprint density at radius 2 is 1.81 bits per heavy atom. The second-order valence-electron chi connectivity index (χ2n) is 8.09. The highest BCUT2D eigenvalue weighted by Crippen LogP contribution is 2.47. The molecular weight excluding hydrogens is 454 g/mol. The summed E-state index contributed by atoms with van der Waals surface area (Å²) in [5.41, 5.74) is 4.94. The van der Waals surface area contributed by atoms with E-state index in [4.69, 9.17) is 4.74 Å². The maximum atomic E-state index is 13.5. The van der Waals surface area contributed by atoms with Crippen molar-refractivity contribution >= 4 is 27.7 Å². The number of allylic oxidation sites excluding steroid dienone is 3. The number of esters is 1. The molecule has 0 radical (unpaired) electrons. The molecule has 0 bridgehead atoms. The van der Waals surface area contributed by atoms with Gasteiger partial charge in [0.15, 0.2) is 5.78 Å². The number of carbonyl (C=O) groups excluding carboxylic acids is 2. The van der Waals surface area contributed by atoms with Crippen LogP contribution >= 0.6 is 15.9 Å². The molecule has 0 saturated heterocycles. The molecule has 160 valence electrons. The van der Waals surface area contributed by atoms with Gasteiger partial charge in [-0.15, -0.1) is 0 Å². The first-order valence-electron chi connectivity index (χ1n) is 10.7. The maximum Gasteiger partial charge on any atom is 0.336 e. The van der Waals surface area contributed by atoms with Crippen LogP contribution in [0.3, 0.4) is 0 Å². The quantitative estimate of drug-likeness (QED) is 0.553. The largest absolute Gasteiger partial charge is 0.462 e. The van der Waals surface area contributed by atoms with E-state index in [2.05, 4.69) is 33.4 Å². The number of Topliss-reactive ketones (excluding diaryl/α,β-unsaturated/α-hetero) is 1. The van der Waals surface area contributed by atoms with Crippen molar-refractivity contribution in [3.8, 4) is 0 Å². The first-order valence-corrected chi connectivity index (χ1v) is 11.5. The number of rotatable bonds is 5. The zero-order valence-electron chi connectivity index (χ0n) is 17.8. The monoisotopic (exact) mass is 479 g/mol. The highest BCUT2D eigenvalue weighted by Gasteiger charge is 2.41. The number of carbonyl (C=O) groups is 2. The minimum Gasteiger partial charge on any atom is -0.462 e. The van der Waals surface area contributed by atoms with Gasteiger partial charge in [-0.3, -0.25) is 4.79 Å². The van der Waals surface area contributed by atoms with Gasteiger partial charge in [0.1, 0.15) is 0 Å². The third-order valence-corrected chi connectivity index (χ3v) is 6.69. The molecule has 0 saturated carbocycles. The first kappa shape index (κ1) is 21.6. The Balaban J connectivity index is 1.80. The summed E-state index contributed by atoms with van der Waals surface area (Å²) in [5.74, 6) is -0.601. The van der Waals surface area contributed by atoms with Gasteiger partial charge in [-0.1, -0.05) is 71.4 Å². The second kappa shape index (κ2) is 9.23. The molecule has 2 aromatic carbocycles. The molecule has 0 fully saturated rings. The van der Waals surface area contributed by atoms with E-state index in [1.54, 1.807) is 0 Å². The lowest BCUT2D eigenvalue weighted by atomic mass is 9.72. The van der Waals surface area contributed by atoms with E-state index in [0.29, 0.717) is 24.2 Å². The Labute approximate surface area is 191 Å². The first-order chi connectivity index (χ1) is 15.0. The number of dihydropyridines is 1. The predicted molar refractivity (Wildman–Crippen MR) is 124 cm³/mol. The van der Waals surface area contributed by atoms with Crippen LogP contribution in [0, 0.1) is 0 Å². The summed E-state index contributed by atoms with van der Waals surface area (Å²) in [6.07, 6.45) is 1.92. The minimum absolute atomic E-state index is 0.0802. The summed E-state index contributed by atoms with van der Waals surface area (Å²) in [6.45, 7) is 4.22. The number of hydrogen-bond acceptors (Lipinski definition) is 4. The van der Waals surface area contributed by atoms with Gasteiger partial charge < -0.3 is 10.1 Å². The summed E-state index contributed by atoms with van der Waals surface area (Å²) >= 11 is 3.64. The van der Waals surface area contributed by atoms with Crippen molar-refractivity contribution in [1.29, 1.82) is 0 Å². The lowest BCUT2D eigenvalue weighted by Gasteiger charge is -2.37. The third kappa shape index (κ3) is 4.24. The molecule has 1 N–H and O–H groups in total. The van der Waals surface area contributed by atoms with Gasteiger partial charge in [-0.25, -0.2) is 4.79 Å². The highest BCUT2D eigenvalue weighted by molar-refractivity contribution is 9.10. The second-order valence-corrected chi connectivity index (χ2v) is 8.94. The van der Waals surface area contributed by atoms with E-state index >= 15 is 0 Å². The topological polar surface area (TPSA) is 55.4 Å². The van der Waals surface area contributed by atoms with Gasteiger partial charge in [-0.05, 0) is 42.9 Å². The molecule has 0 spiro atoms. The van der Waals surface area contributed by atoms with Crippen LogP contribution in [0.2, 0.25) is 0 Å². The SMILES string of the molecule is CCCOC(=O)C1=C(C)NC2=C(C(=O)CC(c3ccccc3)C2)C1c1ccccc1Br. The van der Waals surface area contributed by atoms with Crippen LogP contribution in [0.4, 0.5) is 0 Å². The van der Waals surface area contributed by atoms with Gasteiger partial charge in [0.05, 0.1) is 12.2 Å². The van der Waals surface area contributed by atoms with Crippen LogP contribution in [0.25, 0.3) is 0 Å². The van der Waals surface area contributed by atoms with E-state index in [-0.39, 0.29) is 17.7 Å². The summed E-state index contributed by atoms with van der Waals surface area (Å²) in [4.78, 5) is 26.6. The number of benzene rings is 2. The van der Waals surface area contributed by atoms with E-state index in [1.807, 2.05) is 56.3 Å². The van der Waals surface area contributed by atoms with Crippen LogP contribution in [-0.4, -0.2) is 18.4 Å². The summed E-state index contributed by atoms with van der Waals surface area (Å²) in [7, 11) is 0. The van der Waals surface area contributed by atoms with Crippen LogP contribution < -0.4 is 5.32 Å². The van der Waals surface area contributed by atoms with E-state index in [9.17, 15) is 9.59 Å². The lowest BCUT2D eigenvalue weighted by Crippen LogP contribution is -2.36. The number of nitrogens with one attached hydrogen (secondary N) is 1. The Morgan fingerprint density at radius 1 is 1.10 bits per heavy atom. The third-order valence-electron chi connectivity index (χ3n) is 5.97. The minimum atomic E-state index is -0.444. The molecule has 2 aromatic rings. The Hall–Kier alpha value is -2.66. The van der Waals surface area contributed by atoms with Gasteiger partial charge in [0, 0.05) is 33.8 Å². The van der Waals surface area contributed by atoms with Crippen molar-refractivity contribution in [2.45, 2.75) is 44.9 Å². The fourth-order valence-corrected chi connectivity index (χ4v) is 5.08. The Kier molecular flexibility index (Phi) is 6.42.